The molecule has 0 aliphatic rings. The van der Waals surface area contributed by atoms with Gasteiger partial charge in [-0.05, 0) is 11.1 Å². The monoisotopic (exact) mass is 508 g/mol. The van der Waals surface area contributed by atoms with Crippen molar-refractivity contribution in [2.45, 2.75) is 45.8 Å². The Morgan fingerprint density at radius 2 is 1.93 bits per heavy atom. The maximum Gasteiger partial charge on any atom is 0.213 e. The maximum atomic E-state index is 5.81. The zero-order valence-electron chi connectivity index (χ0n) is 17.3. The van der Waals surface area contributed by atoms with Gasteiger partial charge in [0, 0.05) is 37.9 Å². The van der Waals surface area contributed by atoms with Gasteiger partial charge in [0.1, 0.15) is 5.76 Å². The molecule has 2 aromatic heterocycles. The molecular formula is C21H29IN6O. The van der Waals surface area contributed by atoms with Gasteiger partial charge in [-0.25, -0.2) is 9.97 Å². The molecule has 0 spiro atoms. The molecule has 0 fully saturated rings. The van der Waals surface area contributed by atoms with Crippen molar-refractivity contribution in [2.75, 3.05) is 7.05 Å². The molecule has 0 bridgehead atoms. The summed E-state index contributed by atoms with van der Waals surface area (Å²) in [6.07, 6.45) is 7.37. The molecule has 0 saturated heterocycles. The van der Waals surface area contributed by atoms with Crippen molar-refractivity contribution in [1.82, 2.24) is 25.2 Å². The largest absolute Gasteiger partial charge is 0.443 e. The molecule has 3 rings (SSSR count). The molecule has 0 atom stereocenters. The highest BCUT2D eigenvalue weighted by atomic mass is 127. The summed E-state index contributed by atoms with van der Waals surface area (Å²) in [6.45, 7) is 8.28. The summed E-state index contributed by atoms with van der Waals surface area (Å²) in [5, 5.41) is 6.57. The standard InChI is InChI=1S/C21H28N6O.HI/c1-21(2,3)18-12-24-19(28-18)13-26-20(22-4)25-11-16-6-5-7-17(10-16)14-27-9-8-23-15-27;/h5-10,12,15H,11,13-14H2,1-4H3,(H2,22,25,26);1H. The van der Waals surface area contributed by atoms with Crippen molar-refractivity contribution in [1.29, 1.82) is 0 Å². The Labute approximate surface area is 189 Å². The highest BCUT2D eigenvalue weighted by Gasteiger charge is 2.19. The summed E-state index contributed by atoms with van der Waals surface area (Å²) in [5.41, 5.74) is 2.37. The maximum absolute atomic E-state index is 5.81. The Hall–Kier alpha value is -2.36. The van der Waals surface area contributed by atoms with Crippen LogP contribution in [0.5, 0.6) is 0 Å². The van der Waals surface area contributed by atoms with E-state index in [9.17, 15) is 0 Å². The first kappa shape index (κ1) is 22.9. The normalized spacial score (nSPS) is 11.8. The summed E-state index contributed by atoms with van der Waals surface area (Å²) in [6, 6.07) is 8.47. The number of aromatic nitrogens is 3. The van der Waals surface area contributed by atoms with Gasteiger partial charge in [-0.3, -0.25) is 4.99 Å². The molecule has 0 radical (unpaired) electrons. The minimum Gasteiger partial charge on any atom is -0.443 e. The Kier molecular flexibility index (Phi) is 8.24. The van der Waals surface area contributed by atoms with Crippen LogP contribution in [-0.2, 0) is 25.0 Å². The second-order valence-electron chi connectivity index (χ2n) is 7.70. The fraction of sp³-hybridized carbons (Fsp3) is 0.381. The van der Waals surface area contributed by atoms with Crippen LogP contribution < -0.4 is 10.6 Å². The number of aliphatic imine (C=N–C) groups is 1. The number of hydrogen-bond acceptors (Lipinski definition) is 4. The summed E-state index contributed by atoms with van der Waals surface area (Å²) in [5.74, 6) is 2.23. The SMILES string of the molecule is CN=C(NCc1cccc(Cn2ccnc2)c1)NCc1ncc(C(C)(C)C)o1.I. The van der Waals surface area contributed by atoms with Crippen LogP contribution in [-0.4, -0.2) is 27.5 Å². The van der Waals surface area contributed by atoms with Crippen LogP contribution in [0.15, 0.2) is 58.6 Å². The first-order chi connectivity index (χ1) is 13.4. The zero-order chi connectivity index (χ0) is 20.0. The van der Waals surface area contributed by atoms with Crippen LogP contribution >= 0.6 is 24.0 Å². The van der Waals surface area contributed by atoms with E-state index in [4.69, 9.17) is 4.42 Å². The first-order valence-electron chi connectivity index (χ1n) is 9.37. The molecule has 2 N–H and O–H groups in total. The summed E-state index contributed by atoms with van der Waals surface area (Å²) in [4.78, 5) is 12.7. The van der Waals surface area contributed by atoms with Crippen LogP contribution in [0.25, 0.3) is 0 Å². The van der Waals surface area contributed by atoms with Crippen LogP contribution in [0.1, 0.15) is 43.5 Å². The zero-order valence-corrected chi connectivity index (χ0v) is 19.7. The van der Waals surface area contributed by atoms with Crippen LogP contribution in [0.2, 0.25) is 0 Å². The van der Waals surface area contributed by atoms with Crippen molar-refractivity contribution in [3.05, 3.63) is 72.0 Å². The van der Waals surface area contributed by atoms with E-state index in [1.165, 1.54) is 11.1 Å². The lowest BCUT2D eigenvalue weighted by atomic mass is 9.94. The van der Waals surface area contributed by atoms with E-state index in [-0.39, 0.29) is 29.4 Å². The number of imidazole rings is 1. The molecule has 7 nitrogen and oxygen atoms in total. The third-order valence-electron chi connectivity index (χ3n) is 4.30. The number of nitrogens with one attached hydrogen (secondary N) is 2. The second-order valence-corrected chi connectivity index (χ2v) is 7.70. The molecule has 0 amide bonds. The average Bonchev–Trinajstić information content (AvgIpc) is 3.34. The predicted octanol–water partition coefficient (Wildman–Crippen LogP) is 3.70. The molecule has 0 unspecified atom stereocenters. The van der Waals surface area contributed by atoms with E-state index in [1.807, 2.05) is 12.5 Å². The number of hydrogen-bond donors (Lipinski definition) is 2. The molecule has 156 valence electrons. The quantitative estimate of drug-likeness (QED) is 0.302. The second kappa shape index (κ2) is 10.4. The van der Waals surface area contributed by atoms with Crippen LogP contribution in [0.3, 0.4) is 0 Å². The van der Waals surface area contributed by atoms with E-state index >= 15 is 0 Å². The van der Waals surface area contributed by atoms with Gasteiger partial charge < -0.3 is 19.6 Å². The lowest BCUT2D eigenvalue weighted by Crippen LogP contribution is -2.36. The highest BCUT2D eigenvalue weighted by Crippen LogP contribution is 2.22. The van der Waals surface area contributed by atoms with Gasteiger partial charge in [-0.15, -0.1) is 24.0 Å². The summed E-state index contributed by atoms with van der Waals surface area (Å²) in [7, 11) is 1.75. The molecule has 8 heteroatoms. The number of benzene rings is 1. The fourth-order valence-corrected chi connectivity index (χ4v) is 2.73. The number of halogens is 1. The van der Waals surface area contributed by atoms with Gasteiger partial charge in [0.2, 0.25) is 5.89 Å². The lowest BCUT2D eigenvalue weighted by molar-refractivity contribution is 0.379. The molecule has 3 aromatic rings. The smallest absolute Gasteiger partial charge is 0.213 e. The molecule has 0 aliphatic heterocycles. The minimum atomic E-state index is -0.0487. The Morgan fingerprint density at radius 3 is 2.59 bits per heavy atom. The third kappa shape index (κ3) is 6.88. The van der Waals surface area contributed by atoms with E-state index in [2.05, 4.69) is 75.2 Å². The van der Waals surface area contributed by atoms with Crippen LogP contribution in [0.4, 0.5) is 0 Å². The molecule has 1 aromatic carbocycles. The van der Waals surface area contributed by atoms with Crippen molar-refractivity contribution in [2.24, 2.45) is 4.99 Å². The lowest BCUT2D eigenvalue weighted by Gasteiger charge is -2.13. The van der Waals surface area contributed by atoms with Crippen molar-refractivity contribution >= 4 is 29.9 Å². The third-order valence-corrected chi connectivity index (χ3v) is 4.30. The minimum absolute atomic E-state index is 0. The van der Waals surface area contributed by atoms with Crippen molar-refractivity contribution in [3.8, 4) is 0 Å². The number of nitrogens with zero attached hydrogens (tertiary/aromatic N) is 4. The van der Waals surface area contributed by atoms with Gasteiger partial charge in [0.15, 0.2) is 5.96 Å². The predicted molar refractivity (Wildman–Crippen MR) is 125 cm³/mol. The Bertz CT molecular complexity index is 911. The molecule has 0 saturated carbocycles. The molecule has 2 heterocycles. The Balaban J connectivity index is 0.00000300. The fourth-order valence-electron chi connectivity index (χ4n) is 2.73. The van der Waals surface area contributed by atoms with E-state index in [0.717, 1.165) is 12.3 Å². The Morgan fingerprint density at radius 1 is 1.17 bits per heavy atom. The molecular weight excluding hydrogens is 479 g/mol. The number of guanidine groups is 1. The highest BCUT2D eigenvalue weighted by molar-refractivity contribution is 14.0. The van der Waals surface area contributed by atoms with Gasteiger partial charge in [-0.2, -0.15) is 0 Å². The number of rotatable bonds is 6. The molecule has 0 aliphatic carbocycles. The van der Waals surface area contributed by atoms with Crippen molar-refractivity contribution < 1.29 is 4.42 Å². The average molecular weight is 508 g/mol. The molecule has 29 heavy (non-hydrogen) atoms. The topological polar surface area (TPSA) is 80.3 Å². The van der Waals surface area contributed by atoms with Crippen LogP contribution in [0, 0.1) is 0 Å². The van der Waals surface area contributed by atoms with Gasteiger partial charge >= 0.3 is 0 Å². The van der Waals surface area contributed by atoms with E-state index < -0.39 is 0 Å². The van der Waals surface area contributed by atoms with Gasteiger partial charge in [0.25, 0.3) is 0 Å². The van der Waals surface area contributed by atoms with E-state index in [0.29, 0.717) is 24.9 Å². The summed E-state index contributed by atoms with van der Waals surface area (Å²) >= 11 is 0. The van der Waals surface area contributed by atoms with Gasteiger partial charge in [0.05, 0.1) is 19.1 Å². The van der Waals surface area contributed by atoms with Gasteiger partial charge in [-0.1, -0.05) is 45.0 Å². The van der Waals surface area contributed by atoms with Crippen molar-refractivity contribution in [3.63, 3.8) is 0 Å². The first-order valence-corrected chi connectivity index (χ1v) is 9.37. The summed E-state index contributed by atoms with van der Waals surface area (Å²) < 4.78 is 7.86. The van der Waals surface area contributed by atoms with E-state index in [1.54, 1.807) is 19.4 Å². The number of oxazole rings is 1.